The second-order valence-corrected chi connectivity index (χ2v) is 6.19. The van der Waals surface area contributed by atoms with E-state index in [0.29, 0.717) is 24.5 Å². The van der Waals surface area contributed by atoms with Crippen molar-refractivity contribution in [1.82, 2.24) is 15.1 Å². The Morgan fingerprint density at radius 3 is 2.55 bits per heavy atom. The second-order valence-electron chi connectivity index (χ2n) is 6.19. The third-order valence-electron chi connectivity index (χ3n) is 4.89. The molecule has 0 radical (unpaired) electrons. The number of likely N-dealkylation sites (N-methyl/N-ethyl adjacent to an activating group) is 1. The van der Waals surface area contributed by atoms with Crippen molar-refractivity contribution < 1.29 is 9.59 Å². The van der Waals surface area contributed by atoms with Crippen molar-refractivity contribution in [2.45, 2.75) is 56.7 Å². The summed E-state index contributed by atoms with van der Waals surface area (Å²) in [5.41, 5.74) is 0. The van der Waals surface area contributed by atoms with Crippen LogP contribution in [0.1, 0.15) is 38.5 Å². The minimum absolute atomic E-state index is 0. The van der Waals surface area contributed by atoms with Crippen LogP contribution in [0.3, 0.4) is 0 Å². The lowest BCUT2D eigenvalue weighted by Crippen LogP contribution is -2.50. The van der Waals surface area contributed by atoms with E-state index in [1.54, 1.807) is 4.90 Å². The molecule has 1 N–H and O–H groups in total. The molecular formula is C14H24ClN3O2. The van der Waals surface area contributed by atoms with Gasteiger partial charge in [-0.25, -0.2) is 0 Å². The van der Waals surface area contributed by atoms with Crippen LogP contribution >= 0.6 is 12.4 Å². The molecule has 3 fully saturated rings. The highest BCUT2D eigenvalue weighted by Crippen LogP contribution is 2.29. The van der Waals surface area contributed by atoms with Crippen LogP contribution in [0.25, 0.3) is 0 Å². The maximum atomic E-state index is 12.3. The summed E-state index contributed by atoms with van der Waals surface area (Å²) in [4.78, 5) is 27.4. The molecule has 2 bridgehead atoms. The van der Waals surface area contributed by atoms with Gasteiger partial charge < -0.3 is 15.1 Å². The molecule has 3 saturated heterocycles. The molecule has 3 heterocycles. The molecule has 2 amide bonds. The average molecular weight is 302 g/mol. The van der Waals surface area contributed by atoms with E-state index in [1.807, 2.05) is 11.9 Å². The van der Waals surface area contributed by atoms with Gasteiger partial charge in [0.05, 0.1) is 6.54 Å². The van der Waals surface area contributed by atoms with Crippen LogP contribution in [0.5, 0.6) is 0 Å². The number of nitrogens with zero attached hydrogens (tertiary/aromatic N) is 2. The van der Waals surface area contributed by atoms with Crippen LogP contribution in [0.15, 0.2) is 0 Å². The van der Waals surface area contributed by atoms with Gasteiger partial charge in [0, 0.05) is 38.1 Å². The number of halogens is 1. The number of hydrogen-bond donors (Lipinski definition) is 1. The van der Waals surface area contributed by atoms with Crippen LogP contribution < -0.4 is 5.32 Å². The molecule has 2 atom stereocenters. The molecule has 0 spiro atoms. The Hall–Kier alpha value is -0.810. The fourth-order valence-electron chi connectivity index (χ4n) is 3.69. The number of carbonyl (C=O) groups excluding carboxylic acids is 2. The highest BCUT2D eigenvalue weighted by molar-refractivity contribution is 5.86. The molecule has 0 saturated carbocycles. The Balaban J connectivity index is 0.00000147. The van der Waals surface area contributed by atoms with Gasteiger partial charge in [0.15, 0.2) is 0 Å². The van der Waals surface area contributed by atoms with Crippen molar-refractivity contribution in [3.8, 4) is 0 Å². The third kappa shape index (κ3) is 3.09. The quantitative estimate of drug-likeness (QED) is 0.838. The first kappa shape index (κ1) is 15.6. The summed E-state index contributed by atoms with van der Waals surface area (Å²) in [5, 5.41) is 3.59. The van der Waals surface area contributed by atoms with Gasteiger partial charge in [0.2, 0.25) is 11.8 Å². The summed E-state index contributed by atoms with van der Waals surface area (Å²) in [6.07, 6.45) is 6.11. The molecule has 6 heteroatoms. The lowest BCUT2D eigenvalue weighted by molar-refractivity contribution is -0.139. The summed E-state index contributed by atoms with van der Waals surface area (Å²) in [5.74, 6) is 0.230. The summed E-state index contributed by atoms with van der Waals surface area (Å²) < 4.78 is 0. The molecule has 20 heavy (non-hydrogen) atoms. The molecule has 0 aromatic carbocycles. The monoisotopic (exact) mass is 301 g/mol. The molecular weight excluding hydrogens is 278 g/mol. The van der Waals surface area contributed by atoms with Crippen molar-refractivity contribution in [1.29, 1.82) is 0 Å². The fourth-order valence-corrected chi connectivity index (χ4v) is 3.69. The SMILES string of the molecule is CN(C(=O)CN1CCCC1=O)C1CC2CCC(C1)N2.Cl. The van der Waals surface area contributed by atoms with E-state index >= 15 is 0 Å². The molecule has 0 aliphatic carbocycles. The van der Waals surface area contributed by atoms with Gasteiger partial charge >= 0.3 is 0 Å². The Labute approximate surface area is 126 Å². The average Bonchev–Trinajstić information content (AvgIpc) is 2.95. The zero-order valence-electron chi connectivity index (χ0n) is 12.0. The van der Waals surface area contributed by atoms with Crippen molar-refractivity contribution in [2.75, 3.05) is 20.1 Å². The summed E-state index contributed by atoms with van der Waals surface area (Å²) in [6.45, 7) is 1.02. The van der Waals surface area contributed by atoms with Crippen molar-refractivity contribution in [3.63, 3.8) is 0 Å². The molecule has 0 aromatic heterocycles. The normalized spacial score (nSPS) is 32.1. The number of nitrogens with one attached hydrogen (secondary N) is 1. The first-order valence-corrected chi connectivity index (χ1v) is 7.43. The van der Waals surface area contributed by atoms with Crippen LogP contribution in [-0.2, 0) is 9.59 Å². The fraction of sp³-hybridized carbons (Fsp3) is 0.857. The molecule has 0 aromatic rings. The predicted octanol–water partition coefficient (Wildman–Crippen LogP) is 0.772. The number of likely N-dealkylation sites (tertiary alicyclic amines) is 1. The van der Waals surface area contributed by atoms with Crippen LogP contribution in [-0.4, -0.2) is 59.9 Å². The van der Waals surface area contributed by atoms with E-state index in [1.165, 1.54) is 12.8 Å². The standard InChI is InChI=1S/C14H23N3O2.ClH/c1-16(12-7-10-4-5-11(8-12)15-10)14(19)9-17-6-2-3-13(17)18;/h10-12,15H,2-9H2,1H3;1H. The number of piperidine rings is 1. The van der Waals surface area contributed by atoms with Gasteiger partial charge in [0.1, 0.15) is 0 Å². The van der Waals surface area contributed by atoms with Crippen molar-refractivity contribution in [3.05, 3.63) is 0 Å². The van der Waals surface area contributed by atoms with E-state index in [4.69, 9.17) is 0 Å². The number of amides is 2. The van der Waals surface area contributed by atoms with E-state index in [9.17, 15) is 9.59 Å². The van der Waals surface area contributed by atoms with E-state index in [2.05, 4.69) is 5.32 Å². The predicted molar refractivity (Wildman–Crippen MR) is 78.8 cm³/mol. The second kappa shape index (κ2) is 6.31. The third-order valence-corrected chi connectivity index (χ3v) is 4.89. The molecule has 2 unspecified atom stereocenters. The first-order valence-electron chi connectivity index (χ1n) is 7.43. The van der Waals surface area contributed by atoms with Gasteiger partial charge in [-0.3, -0.25) is 9.59 Å². The molecule has 3 rings (SSSR count). The minimum Gasteiger partial charge on any atom is -0.341 e. The number of carbonyl (C=O) groups is 2. The van der Waals surface area contributed by atoms with Gasteiger partial charge in [-0.15, -0.1) is 12.4 Å². The van der Waals surface area contributed by atoms with E-state index in [0.717, 1.165) is 25.8 Å². The summed E-state index contributed by atoms with van der Waals surface area (Å²) in [7, 11) is 1.90. The van der Waals surface area contributed by atoms with Crippen LogP contribution in [0.4, 0.5) is 0 Å². The maximum Gasteiger partial charge on any atom is 0.242 e. The Kier molecular flexibility index (Phi) is 4.91. The van der Waals surface area contributed by atoms with Gasteiger partial charge in [-0.2, -0.15) is 0 Å². The Morgan fingerprint density at radius 1 is 1.35 bits per heavy atom. The molecule has 3 aliphatic heterocycles. The highest BCUT2D eigenvalue weighted by Gasteiger charge is 2.36. The van der Waals surface area contributed by atoms with Crippen LogP contribution in [0, 0.1) is 0 Å². The Morgan fingerprint density at radius 2 is 2.00 bits per heavy atom. The summed E-state index contributed by atoms with van der Waals surface area (Å²) in [6, 6.07) is 1.53. The Bertz CT molecular complexity index is 379. The van der Waals surface area contributed by atoms with Crippen LogP contribution in [0.2, 0.25) is 0 Å². The van der Waals surface area contributed by atoms with E-state index < -0.39 is 0 Å². The zero-order chi connectivity index (χ0) is 13.4. The zero-order valence-corrected chi connectivity index (χ0v) is 12.8. The van der Waals surface area contributed by atoms with Gasteiger partial charge in [-0.1, -0.05) is 0 Å². The summed E-state index contributed by atoms with van der Waals surface area (Å²) >= 11 is 0. The number of hydrogen-bond acceptors (Lipinski definition) is 3. The van der Waals surface area contributed by atoms with E-state index in [-0.39, 0.29) is 30.8 Å². The van der Waals surface area contributed by atoms with Crippen molar-refractivity contribution in [2.24, 2.45) is 0 Å². The maximum absolute atomic E-state index is 12.3. The number of fused-ring (bicyclic) bond motifs is 2. The molecule has 5 nitrogen and oxygen atoms in total. The first-order chi connectivity index (χ1) is 9.13. The largest absolute Gasteiger partial charge is 0.341 e. The lowest BCUT2D eigenvalue weighted by Gasteiger charge is -2.36. The molecule has 3 aliphatic rings. The highest BCUT2D eigenvalue weighted by atomic mass is 35.5. The van der Waals surface area contributed by atoms with Gasteiger partial charge in [0.25, 0.3) is 0 Å². The topological polar surface area (TPSA) is 52.7 Å². The molecule has 114 valence electrons. The minimum atomic E-state index is 0. The van der Waals surface area contributed by atoms with Crippen molar-refractivity contribution >= 4 is 24.2 Å². The van der Waals surface area contributed by atoms with Gasteiger partial charge in [-0.05, 0) is 32.1 Å². The smallest absolute Gasteiger partial charge is 0.242 e. The lowest BCUT2D eigenvalue weighted by atomic mass is 9.98. The number of rotatable bonds is 3.